The summed E-state index contributed by atoms with van der Waals surface area (Å²) in [5, 5.41) is 73.2. The Bertz CT molecular complexity index is 2720. The molecule has 0 spiro atoms. The summed E-state index contributed by atoms with van der Waals surface area (Å²) in [4.78, 5) is 58.2. The Morgan fingerprint density at radius 1 is 0.560 bits per heavy atom. The van der Waals surface area contributed by atoms with E-state index in [0.717, 1.165) is 21.1 Å². The number of carbonyl (C=O) groups is 4. The number of aliphatic carboxylic acids is 4. The first-order valence-electron chi connectivity index (χ1n) is 22.1. The second kappa shape index (κ2) is 30.6. The summed E-state index contributed by atoms with van der Waals surface area (Å²) < 4.78 is 77.2. The number of aliphatic hydroxyl groups is 4. The Hall–Kier alpha value is -5.84. The molecule has 4 atom stereocenters. The molecule has 75 heavy (non-hydrogen) atoms. The number of carboxylic acid groups (broad SMARTS) is 4. The molecular weight excluding hydrogens is 1060 g/mol. The van der Waals surface area contributed by atoms with E-state index >= 15 is 0 Å². The Morgan fingerprint density at radius 3 is 1.09 bits per heavy atom. The molecule has 0 saturated heterocycles. The van der Waals surface area contributed by atoms with Crippen molar-refractivity contribution in [3.05, 3.63) is 107 Å². The molecule has 0 saturated carbocycles. The van der Waals surface area contributed by atoms with E-state index in [9.17, 15) is 65.2 Å². The molecule has 2 aromatic carbocycles. The summed E-state index contributed by atoms with van der Waals surface area (Å²) in [6.45, 7) is 7.41. The molecular formula is C48H62CaF2N6O16S2. The number of aliphatic hydroxyl groups excluding tert-OH is 4. The molecule has 27 heteroatoms. The van der Waals surface area contributed by atoms with Crippen LogP contribution >= 0.6 is 0 Å². The van der Waals surface area contributed by atoms with Gasteiger partial charge < -0.3 is 40.9 Å². The molecule has 0 bridgehead atoms. The molecule has 4 rings (SSSR count). The second-order valence-electron chi connectivity index (χ2n) is 17.0. The molecule has 0 unspecified atom stereocenters. The van der Waals surface area contributed by atoms with Crippen molar-refractivity contribution >= 4 is 106 Å². The number of carboxylic acids is 4. The number of aromatic nitrogens is 4. The van der Waals surface area contributed by atoms with Crippen LogP contribution in [0.15, 0.2) is 72.8 Å². The van der Waals surface area contributed by atoms with Crippen LogP contribution in [0.2, 0.25) is 0 Å². The van der Waals surface area contributed by atoms with Gasteiger partial charge in [-0.3, -0.25) is 9.59 Å². The minimum atomic E-state index is -3.65. The van der Waals surface area contributed by atoms with Gasteiger partial charge in [-0.05, 0) is 60.4 Å². The van der Waals surface area contributed by atoms with Gasteiger partial charge >= 0.3 is 61.6 Å². The predicted octanol–water partition coefficient (Wildman–Crippen LogP) is 3.60. The average molecular weight is 1120 g/mol. The van der Waals surface area contributed by atoms with Gasteiger partial charge in [0.25, 0.3) is 0 Å². The SMILES string of the molecule is CC(C)c1nc(N(C)S(C)(=O)=O)nc(-c2ccc(F)cc2)c1C=C[C@@H](O)C[C@@H](O)CC(=O)O.CC(C)c1nc(N(C)S(C)(=O)=O)nc(-c2ccc(F)cc2)c1C=C[C@@H](O)C[C@@H](O)CC(=O)O.O=C(O)C=CC(=O)O.[CaH2]. The fourth-order valence-electron chi connectivity index (χ4n) is 6.23. The van der Waals surface area contributed by atoms with Crippen LogP contribution in [0.5, 0.6) is 0 Å². The average Bonchev–Trinajstić information content (AvgIpc) is 3.28. The van der Waals surface area contributed by atoms with Crippen molar-refractivity contribution < 1.29 is 85.6 Å². The van der Waals surface area contributed by atoms with E-state index in [1.807, 2.05) is 27.7 Å². The number of benzene rings is 2. The van der Waals surface area contributed by atoms with E-state index < -0.39 is 92.8 Å². The van der Waals surface area contributed by atoms with Crippen LogP contribution in [0.3, 0.4) is 0 Å². The third-order valence-electron chi connectivity index (χ3n) is 10.0. The van der Waals surface area contributed by atoms with Crippen LogP contribution in [0.25, 0.3) is 34.7 Å². The molecule has 22 nitrogen and oxygen atoms in total. The van der Waals surface area contributed by atoms with Gasteiger partial charge in [-0.15, -0.1) is 0 Å². The van der Waals surface area contributed by atoms with Crippen molar-refractivity contribution in [1.29, 1.82) is 0 Å². The van der Waals surface area contributed by atoms with Crippen molar-refractivity contribution in [1.82, 2.24) is 19.9 Å². The van der Waals surface area contributed by atoms with Crippen LogP contribution in [0.4, 0.5) is 20.7 Å². The summed E-state index contributed by atoms with van der Waals surface area (Å²) in [5.41, 5.74) is 3.60. The third kappa shape index (κ3) is 23.3. The molecule has 0 aliphatic rings. The van der Waals surface area contributed by atoms with E-state index in [4.69, 9.17) is 20.4 Å². The van der Waals surface area contributed by atoms with E-state index in [2.05, 4.69) is 19.9 Å². The number of sulfonamides is 2. The maximum atomic E-state index is 13.5. The summed E-state index contributed by atoms with van der Waals surface area (Å²) in [6, 6.07) is 11.0. The molecule has 4 aromatic rings. The van der Waals surface area contributed by atoms with E-state index in [1.54, 1.807) is 0 Å². The quantitative estimate of drug-likeness (QED) is 0.0412. The van der Waals surface area contributed by atoms with E-state index in [-0.39, 0.29) is 74.3 Å². The van der Waals surface area contributed by atoms with Crippen molar-refractivity contribution in [2.45, 2.75) is 89.6 Å². The predicted molar refractivity (Wildman–Crippen MR) is 278 cm³/mol. The summed E-state index contributed by atoms with van der Waals surface area (Å²) >= 11 is 0. The standard InChI is InChI=1S/2C22H28FN3O6S.C4H4O4.Ca.2H/c2*1-13(2)20-18(10-9-16(27)11-17(28)12-19(29)30)21(14-5-7-15(23)8-6-14)25-22(24-20)26(3)33(4,31)32;5-3(6)1-2-4(7)8;;;/h2*5-10,13,16-17,27-28H,11-12H2,1-4H3,(H,29,30);1-2H,(H,5,6)(H,7,8);;;/t2*16-,17-;;;;/m11..../s1. The van der Waals surface area contributed by atoms with Gasteiger partial charge in [0.1, 0.15) is 11.6 Å². The number of anilines is 2. The van der Waals surface area contributed by atoms with Gasteiger partial charge in [-0.2, -0.15) is 0 Å². The normalized spacial score (nSPS) is 13.3. The monoisotopic (exact) mass is 1120 g/mol. The number of rotatable bonds is 22. The summed E-state index contributed by atoms with van der Waals surface area (Å²) in [7, 11) is -4.65. The fraction of sp³-hybridized carbons (Fsp3) is 0.375. The molecule has 408 valence electrons. The maximum absolute atomic E-state index is 13.5. The number of hydrogen-bond donors (Lipinski definition) is 8. The molecule has 0 amide bonds. The van der Waals surface area contributed by atoms with Crippen LogP contribution in [-0.2, 0) is 39.2 Å². The van der Waals surface area contributed by atoms with E-state index in [0.29, 0.717) is 57.2 Å². The van der Waals surface area contributed by atoms with Gasteiger partial charge in [0.05, 0.1) is 72.5 Å². The number of nitrogens with zero attached hydrogens (tertiary/aromatic N) is 6. The van der Waals surface area contributed by atoms with Gasteiger partial charge in [0, 0.05) is 61.3 Å². The Kier molecular flexibility index (Phi) is 27.4. The first-order valence-corrected chi connectivity index (χ1v) is 25.8. The van der Waals surface area contributed by atoms with Crippen LogP contribution in [0, 0.1) is 11.6 Å². The number of halogens is 2. The zero-order chi connectivity index (χ0) is 56.4. The molecule has 2 aromatic heterocycles. The third-order valence-corrected chi connectivity index (χ3v) is 12.3. The van der Waals surface area contributed by atoms with Crippen LogP contribution in [0.1, 0.15) is 87.7 Å². The van der Waals surface area contributed by atoms with Crippen molar-refractivity contribution in [2.75, 3.05) is 35.2 Å². The Balaban J connectivity index is 0.000000646. The minimum absolute atomic E-state index is 0. The molecule has 0 aliphatic heterocycles. The Morgan fingerprint density at radius 2 is 0.853 bits per heavy atom. The molecule has 0 radical (unpaired) electrons. The zero-order valence-electron chi connectivity index (χ0n) is 41.5. The Labute approximate surface area is 462 Å². The molecule has 0 fully saturated rings. The molecule has 8 N–H and O–H groups in total. The summed E-state index contributed by atoms with van der Waals surface area (Å²) in [5.74, 6) is -6.25. The van der Waals surface area contributed by atoms with Gasteiger partial charge in [0.2, 0.25) is 31.9 Å². The molecule has 0 aliphatic carbocycles. The fourth-order valence-corrected chi connectivity index (χ4v) is 6.99. The second-order valence-corrected chi connectivity index (χ2v) is 21.0. The van der Waals surface area contributed by atoms with Gasteiger partial charge in [0.15, 0.2) is 0 Å². The van der Waals surface area contributed by atoms with Crippen LogP contribution in [-0.4, -0.2) is 190 Å². The van der Waals surface area contributed by atoms with Crippen molar-refractivity contribution in [3.63, 3.8) is 0 Å². The zero-order valence-corrected chi connectivity index (χ0v) is 43.1. The van der Waals surface area contributed by atoms with E-state index in [1.165, 1.54) is 86.9 Å². The van der Waals surface area contributed by atoms with Crippen LogP contribution < -0.4 is 8.61 Å². The first-order chi connectivity index (χ1) is 34.2. The van der Waals surface area contributed by atoms with Gasteiger partial charge in [-0.1, -0.05) is 52.0 Å². The summed E-state index contributed by atoms with van der Waals surface area (Å²) in [6.07, 6.45) is 2.84. The molecule has 2 heterocycles. The number of hydrogen-bond acceptors (Lipinski definition) is 16. The van der Waals surface area contributed by atoms with Crippen molar-refractivity contribution in [2.24, 2.45) is 0 Å². The van der Waals surface area contributed by atoms with Gasteiger partial charge in [-0.25, -0.2) is 63.8 Å². The topological polar surface area (TPSA) is 356 Å². The first kappa shape index (κ1) is 67.2. The van der Waals surface area contributed by atoms with Crippen molar-refractivity contribution in [3.8, 4) is 22.5 Å².